The predicted octanol–water partition coefficient (Wildman–Crippen LogP) is 10.6. The smallest absolute Gasteiger partial charge is 0.201 e. The highest BCUT2D eigenvalue weighted by Crippen LogP contribution is 2.35. The first-order valence-electron chi connectivity index (χ1n) is 14.7. The molecule has 1 fully saturated rings. The Balaban J connectivity index is 1.21. The van der Waals surface area contributed by atoms with Gasteiger partial charge in [0.1, 0.15) is 0 Å². The number of benzene rings is 4. The van der Waals surface area contributed by atoms with Gasteiger partial charge < -0.3 is 9.47 Å². The van der Waals surface area contributed by atoms with Gasteiger partial charge in [0.25, 0.3) is 0 Å². The fourth-order valence-corrected chi connectivity index (χ4v) is 5.46. The van der Waals surface area contributed by atoms with Crippen LogP contribution in [0.4, 0.5) is 8.78 Å². The van der Waals surface area contributed by atoms with Crippen molar-refractivity contribution in [2.24, 2.45) is 5.92 Å². The fraction of sp³-hybridized carbons (Fsp3) is 0.297. The zero-order chi connectivity index (χ0) is 28.6. The van der Waals surface area contributed by atoms with Crippen LogP contribution in [0.15, 0.2) is 97.1 Å². The second kappa shape index (κ2) is 13.7. The second-order valence-corrected chi connectivity index (χ2v) is 10.8. The van der Waals surface area contributed by atoms with E-state index in [1.807, 2.05) is 31.2 Å². The highest BCUT2D eigenvalue weighted by molar-refractivity contribution is 5.73. The number of allylic oxidation sites excluding steroid dienone is 2. The summed E-state index contributed by atoms with van der Waals surface area (Å²) in [6.07, 6.45) is 9.92. The van der Waals surface area contributed by atoms with Gasteiger partial charge in [0.2, 0.25) is 5.82 Å². The van der Waals surface area contributed by atoms with Gasteiger partial charge in [-0.3, -0.25) is 0 Å². The van der Waals surface area contributed by atoms with Gasteiger partial charge in [0.15, 0.2) is 11.6 Å². The summed E-state index contributed by atoms with van der Waals surface area (Å²) in [6, 6.07) is 27.7. The molecule has 0 radical (unpaired) electrons. The molecule has 4 aromatic rings. The lowest BCUT2D eigenvalue weighted by molar-refractivity contribution is -0.0190. The van der Waals surface area contributed by atoms with Crippen LogP contribution in [-0.2, 0) is 4.74 Å². The summed E-state index contributed by atoms with van der Waals surface area (Å²) in [6.45, 7) is 5.19. The highest BCUT2D eigenvalue weighted by atomic mass is 19.2. The maximum Gasteiger partial charge on any atom is 0.201 e. The van der Waals surface area contributed by atoms with E-state index >= 15 is 0 Å². The van der Waals surface area contributed by atoms with Crippen LogP contribution in [0.5, 0.6) is 5.75 Å². The number of rotatable bonds is 10. The Morgan fingerprint density at radius 1 is 0.756 bits per heavy atom. The van der Waals surface area contributed by atoms with Gasteiger partial charge in [0, 0.05) is 5.56 Å². The molecule has 0 amide bonds. The number of hydrogen-bond donors (Lipinski definition) is 0. The lowest BCUT2D eigenvalue weighted by Gasteiger charge is -2.29. The molecule has 0 saturated carbocycles. The molecule has 212 valence electrons. The fourth-order valence-electron chi connectivity index (χ4n) is 5.46. The second-order valence-electron chi connectivity index (χ2n) is 10.8. The van der Waals surface area contributed by atoms with Gasteiger partial charge in [-0.15, -0.1) is 0 Å². The zero-order valence-electron chi connectivity index (χ0n) is 23.9. The molecule has 41 heavy (non-hydrogen) atoms. The van der Waals surface area contributed by atoms with Crippen LogP contribution in [0.1, 0.15) is 57.6 Å². The molecule has 2 unspecified atom stereocenters. The topological polar surface area (TPSA) is 18.5 Å². The number of ether oxygens (including phenoxy) is 2. The Kier molecular flexibility index (Phi) is 9.63. The van der Waals surface area contributed by atoms with Crippen molar-refractivity contribution in [3.05, 3.63) is 114 Å². The Morgan fingerprint density at radius 3 is 1.88 bits per heavy atom. The quantitative estimate of drug-likeness (QED) is 0.182. The molecule has 1 heterocycles. The average molecular weight is 553 g/mol. The van der Waals surface area contributed by atoms with Gasteiger partial charge in [0.05, 0.1) is 19.3 Å². The zero-order valence-corrected chi connectivity index (χ0v) is 23.9. The van der Waals surface area contributed by atoms with E-state index in [1.165, 1.54) is 30.0 Å². The van der Waals surface area contributed by atoms with Crippen molar-refractivity contribution in [2.45, 2.75) is 52.1 Å². The van der Waals surface area contributed by atoms with Gasteiger partial charge in [-0.1, -0.05) is 91.9 Å². The number of halogens is 2. The Bertz CT molecular complexity index is 1430. The molecule has 1 aliphatic heterocycles. The van der Waals surface area contributed by atoms with Crippen LogP contribution in [-0.4, -0.2) is 13.2 Å². The van der Waals surface area contributed by atoms with Crippen molar-refractivity contribution in [3.63, 3.8) is 0 Å². The predicted molar refractivity (Wildman–Crippen MR) is 164 cm³/mol. The summed E-state index contributed by atoms with van der Waals surface area (Å²) in [7, 11) is 0. The van der Waals surface area contributed by atoms with Crippen molar-refractivity contribution in [3.8, 4) is 39.1 Å². The Hall–Kier alpha value is -3.76. The Morgan fingerprint density at radius 2 is 1.34 bits per heavy atom. The van der Waals surface area contributed by atoms with Crippen LogP contribution in [0.3, 0.4) is 0 Å². The molecule has 4 heteroatoms. The molecule has 0 aliphatic carbocycles. The van der Waals surface area contributed by atoms with Crippen molar-refractivity contribution in [1.29, 1.82) is 0 Å². The Labute approximate surface area is 242 Å². The van der Waals surface area contributed by atoms with Crippen LogP contribution >= 0.6 is 0 Å². The number of hydrogen-bond acceptors (Lipinski definition) is 2. The molecule has 2 atom stereocenters. The van der Waals surface area contributed by atoms with Crippen LogP contribution in [0.2, 0.25) is 0 Å². The first-order valence-corrected chi connectivity index (χ1v) is 14.7. The third-order valence-electron chi connectivity index (χ3n) is 7.89. The van der Waals surface area contributed by atoms with E-state index in [0.29, 0.717) is 18.1 Å². The molecule has 4 aromatic carbocycles. The first-order chi connectivity index (χ1) is 20.1. The summed E-state index contributed by atoms with van der Waals surface area (Å²) in [5, 5.41) is 0. The average Bonchev–Trinajstić information content (AvgIpc) is 3.03. The van der Waals surface area contributed by atoms with E-state index < -0.39 is 11.6 Å². The largest absolute Gasteiger partial charge is 0.490 e. The van der Waals surface area contributed by atoms with E-state index in [2.05, 4.69) is 67.6 Å². The van der Waals surface area contributed by atoms with E-state index in [0.717, 1.165) is 42.6 Å². The van der Waals surface area contributed by atoms with E-state index in [1.54, 1.807) is 6.07 Å². The molecule has 0 bridgehead atoms. The minimum atomic E-state index is -0.945. The van der Waals surface area contributed by atoms with E-state index in [-0.39, 0.29) is 17.4 Å². The standard InChI is InChI=1S/C37H38F2O2/c1-3-5-6-7-26-8-22-34(41-25-26)32-19-15-30(16-20-32)28-11-9-27(10-12-28)29-13-17-31(18-14-29)33-21-23-35(40-24-4-2)37(39)36(33)38/h3,5,9-21,23,26,34H,4,6-8,22,24-25H2,1-2H3. The summed E-state index contributed by atoms with van der Waals surface area (Å²) < 4.78 is 40.7. The van der Waals surface area contributed by atoms with Crippen molar-refractivity contribution in [2.75, 3.05) is 13.2 Å². The summed E-state index contributed by atoms with van der Waals surface area (Å²) in [4.78, 5) is 0. The minimum Gasteiger partial charge on any atom is -0.490 e. The molecule has 0 spiro atoms. The van der Waals surface area contributed by atoms with Gasteiger partial charge in [-0.25, -0.2) is 4.39 Å². The third-order valence-corrected chi connectivity index (χ3v) is 7.89. The van der Waals surface area contributed by atoms with Crippen molar-refractivity contribution >= 4 is 0 Å². The molecular weight excluding hydrogens is 514 g/mol. The maximum atomic E-state index is 14.7. The molecule has 0 N–H and O–H groups in total. The summed E-state index contributed by atoms with van der Waals surface area (Å²) in [5.74, 6) is -1.22. The minimum absolute atomic E-state index is 0.0499. The normalized spacial score (nSPS) is 17.2. The summed E-state index contributed by atoms with van der Waals surface area (Å²) >= 11 is 0. The third kappa shape index (κ3) is 6.94. The van der Waals surface area contributed by atoms with Crippen LogP contribution < -0.4 is 4.74 Å². The molecule has 0 aromatic heterocycles. The van der Waals surface area contributed by atoms with Gasteiger partial charge in [-0.2, -0.15) is 4.39 Å². The van der Waals surface area contributed by atoms with E-state index in [4.69, 9.17) is 9.47 Å². The van der Waals surface area contributed by atoms with Gasteiger partial charge >= 0.3 is 0 Å². The lowest BCUT2D eigenvalue weighted by Crippen LogP contribution is -2.20. The van der Waals surface area contributed by atoms with Gasteiger partial charge in [-0.05, 0) is 90.5 Å². The summed E-state index contributed by atoms with van der Waals surface area (Å²) in [5.41, 5.74) is 6.48. The molecule has 1 saturated heterocycles. The van der Waals surface area contributed by atoms with E-state index in [9.17, 15) is 8.78 Å². The molecule has 1 aliphatic rings. The molecule has 5 rings (SSSR count). The van der Waals surface area contributed by atoms with Crippen molar-refractivity contribution in [1.82, 2.24) is 0 Å². The van der Waals surface area contributed by atoms with Crippen molar-refractivity contribution < 1.29 is 18.3 Å². The molecular formula is C37H38F2O2. The highest BCUT2D eigenvalue weighted by Gasteiger charge is 2.22. The maximum absolute atomic E-state index is 14.7. The first kappa shape index (κ1) is 28.8. The monoisotopic (exact) mass is 552 g/mol. The van der Waals surface area contributed by atoms with Crippen LogP contribution in [0, 0.1) is 17.6 Å². The lowest BCUT2D eigenvalue weighted by atomic mass is 9.91. The van der Waals surface area contributed by atoms with Crippen LogP contribution in [0.25, 0.3) is 33.4 Å². The SMILES string of the molecule is CC=CCCC1CCC(c2ccc(-c3ccc(-c4ccc(-c5ccc(OCCC)c(F)c5F)cc4)cc3)cc2)OC1. The molecule has 2 nitrogen and oxygen atoms in total.